The van der Waals surface area contributed by atoms with Gasteiger partial charge in [-0.3, -0.25) is 4.99 Å². The van der Waals surface area contributed by atoms with E-state index in [0.717, 1.165) is 22.7 Å². The molecule has 1 heterocycles. The van der Waals surface area contributed by atoms with Gasteiger partial charge >= 0.3 is 0 Å². The van der Waals surface area contributed by atoms with Crippen molar-refractivity contribution in [3.8, 4) is 11.5 Å². The second-order valence-corrected chi connectivity index (χ2v) is 4.63. The van der Waals surface area contributed by atoms with E-state index in [1.165, 1.54) is 0 Å². The molecule has 1 aliphatic rings. The van der Waals surface area contributed by atoms with Gasteiger partial charge in [-0.1, -0.05) is 30.3 Å². The van der Waals surface area contributed by atoms with E-state index in [1.807, 2.05) is 48.5 Å². The van der Waals surface area contributed by atoms with Crippen LogP contribution in [0.3, 0.4) is 0 Å². The Balaban J connectivity index is 1.90. The van der Waals surface area contributed by atoms with Crippen molar-refractivity contribution in [2.45, 2.75) is 0 Å². The Morgan fingerprint density at radius 2 is 1.62 bits per heavy atom. The topological polar surface area (TPSA) is 43.2 Å². The van der Waals surface area contributed by atoms with Gasteiger partial charge < -0.3 is 9.47 Å². The number of nitrogens with zero attached hydrogens (tertiary/aromatic N) is 2. The lowest BCUT2D eigenvalue weighted by Crippen LogP contribution is -2.03. The molecular formula is C17H16N2O2. The molecule has 0 saturated carbocycles. The summed E-state index contributed by atoms with van der Waals surface area (Å²) in [6.45, 7) is 0.583. The zero-order chi connectivity index (χ0) is 14.7. The Morgan fingerprint density at radius 1 is 0.857 bits per heavy atom. The molecule has 106 valence electrons. The number of methoxy groups -OCH3 is 2. The molecule has 0 bridgehead atoms. The molecule has 4 heteroatoms. The minimum atomic E-state index is 0.583. The quantitative estimate of drug-likeness (QED) is 0.864. The molecule has 0 aromatic heterocycles. The van der Waals surface area contributed by atoms with Crippen LogP contribution >= 0.6 is 0 Å². The highest BCUT2D eigenvalue weighted by Crippen LogP contribution is 2.28. The van der Waals surface area contributed by atoms with Crippen LogP contribution in [-0.4, -0.2) is 32.3 Å². The van der Waals surface area contributed by atoms with Crippen LogP contribution in [0.25, 0.3) is 0 Å². The summed E-state index contributed by atoms with van der Waals surface area (Å²) in [5.41, 5.74) is 2.98. The molecule has 0 saturated heterocycles. The summed E-state index contributed by atoms with van der Waals surface area (Å²) in [6.07, 6.45) is 0. The van der Waals surface area contributed by atoms with Gasteiger partial charge in [0.15, 0.2) is 17.3 Å². The highest BCUT2D eigenvalue weighted by Gasteiger charge is 2.15. The number of amidine groups is 1. The lowest BCUT2D eigenvalue weighted by atomic mass is 10.1. The molecule has 0 radical (unpaired) electrons. The van der Waals surface area contributed by atoms with Crippen molar-refractivity contribution in [2.75, 3.05) is 20.8 Å². The SMILES string of the molecule is COc1ccc(C2=NC(c3ccccc3)=NC2)cc1OC. The predicted molar refractivity (Wildman–Crippen MR) is 83.9 cm³/mol. The van der Waals surface area contributed by atoms with Crippen LogP contribution in [0.15, 0.2) is 58.5 Å². The van der Waals surface area contributed by atoms with Gasteiger partial charge in [0.25, 0.3) is 0 Å². The third kappa shape index (κ3) is 2.65. The van der Waals surface area contributed by atoms with E-state index in [2.05, 4.69) is 9.98 Å². The van der Waals surface area contributed by atoms with E-state index in [0.29, 0.717) is 18.0 Å². The first-order valence-corrected chi connectivity index (χ1v) is 6.71. The van der Waals surface area contributed by atoms with Gasteiger partial charge in [0.2, 0.25) is 0 Å². The first-order chi connectivity index (χ1) is 10.3. The van der Waals surface area contributed by atoms with Gasteiger partial charge in [-0.05, 0) is 18.2 Å². The molecule has 4 nitrogen and oxygen atoms in total. The summed E-state index contributed by atoms with van der Waals surface area (Å²) < 4.78 is 10.6. The smallest absolute Gasteiger partial charge is 0.161 e. The molecule has 0 spiro atoms. The summed E-state index contributed by atoms with van der Waals surface area (Å²) in [5, 5.41) is 0. The van der Waals surface area contributed by atoms with Gasteiger partial charge in [-0.2, -0.15) is 0 Å². The van der Waals surface area contributed by atoms with Gasteiger partial charge in [0, 0.05) is 11.1 Å². The number of hydrogen-bond acceptors (Lipinski definition) is 4. The van der Waals surface area contributed by atoms with Crippen LogP contribution in [0, 0.1) is 0 Å². The monoisotopic (exact) mass is 280 g/mol. The van der Waals surface area contributed by atoms with Crippen LogP contribution in [0.5, 0.6) is 11.5 Å². The van der Waals surface area contributed by atoms with Crippen LogP contribution in [0.2, 0.25) is 0 Å². The first-order valence-electron chi connectivity index (χ1n) is 6.71. The van der Waals surface area contributed by atoms with E-state index in [1.54, 1.807) is 14.2 Å². The summed E-state index contributed by atoms with van der Waals surface area (Å²) >= 11 is 0. The molecular weight excluding hydrogens is 264 g/mol. The maximum Gasteiger partial charge on any atom is 0.161 e. The van der Waals surface area contributed by atoms with Crippen LogP contribution in [0.4, 0.5) is 0 Å². The Labute approximate surface area is 123 Å². The van der Waals surface area contributed by atoms with Crippen LogP contribution < -0.4 is 9.47 Å². The lowest BCUT2D eigenvalue weighted by molar-refractivity contribution is 0.355. The average molecular weight is 280 g/mol. The van der Waals surface area contributed by atoms with E-state index >= 15 is 0 Å². The predicted octanol–water partition coefficient (Wildman–Crippen LogP) is 2.95. The molecule has 2 aromatic carbocycles. The van der Waals surface area contributed by atoms with Gasteiger partial charge in [-0.15, -0.1) is 0 Å². The number of ether oxygens (including phenoxy) is 2. The maximum atomic E-state index is 5.33. The summed E-state index contributed by atoms with van der Waals surface area (Å²) in [7, 11) is 3.26. The maximum absolute atomic E-state index is 5.33. The largest absolute Gasteiger partial charge is 0.493 e. The van der Waals surface area contributed by atoms with E-state index in [9.17, 15) is 0 Å². The molecule has 3 rings (SSSR count). The number of benzene rings is 2. The highest BCUT2D eigenvalue weighted by molar-refractivity contribution is 6.17. The Kier molecular flexibility index (Phi) is 3.69. The number of rotatable bonds is 4. The van der Waals surface area contributed by atoms with E-state index in [-0.39, 0.29) is 0 Å². The minimum absolute atomic E-state index is 0.583. The average Bonchev–Trinajstić information content (AvgIpc) is 3.05. The summed E-state index contributed by atoms with van der Waals surface area (Å²) in [4.78, 5) is 9.13. The van der Waals surface area contributed by atoms with Gasteiger partial charge in [0.05, 0.1) is 26.5 Å². The van der Waals surface area contributed by atoms with Crippen molar-refractivity contribution < 1.29 is 9.47 Å². The molecule has 0 unspecified atom stereocenters. The molecule has 0 fully saturated rings. The number of aliphatic imine (C=N–C) groups is 2. The Bertz CT molecular complexity index is 706. The molecule has 0 N–H and O–H groups in total. The summed E-state index contributed by atoms with van der Waals surface area (Å²) in [5.74, 6) is 2.19. The molecule has 0 aliphatic carbocycles. The summed E-state index contributed by atoms with van der Waals surface area (Å²) in [6, 6.07) is 15.8. The Hall–Kier alpha value is -2.62. The second kappa shape index (κ2) is 5.79. The minimum Gasteiger partial charge on any atom is -0.493 e. The van der Waals surface area contributed by atoms with E-state index < -0.39 is 0 Å². The van der Waals surface area contributed by atoms with Crippen molar-refractivity contribution >= 4 is 11.5 Å². The van der Waals surface area contributed by atoms with Crippen molar-refractivity contribution in [1.29, 1.82) is 0 Å². The molecule has 1 aliphatic heterocycles. The van der Waals surface area contributed by atoms with Crippen LogP contribution in [0.1, 0.15) is 11.1 Å². The lowest BCUT2D eigenvalue weighted by Gasteiger charge is -2.09. The Morgan fingerprint density at radius 3 is 2.33 bits per heavy atom. The van der Waals surface area contributed by atoms with E-state index in [4.69, 9.17) is 9.47 Å². The zero-order valence-corrected chi connectivity index (χ0v) is 12.0. The highest BCUT2D eigenvalue weighted by atomic mass is 16.5. The van der Waals surface area contributed by atoms with Crippen LogP contribution in [-0.2, 0) is 0 Å². The van der Waals surface area contributed by atoms with Crippen molar-refractivity contribution in [3.63, 3.8) is 0 Å². The molecule has 0 amide bonds. The van der Waals surface area contributed by atoms with Crippen molar-refractivity contribution in [2.24, 2.45) is 9.98 Å². The van der Waals surface area contributed by atoms with Gasteiger partial charge in [-0.25, -0.2) is 4.99 Å². The molecule has 0 atom stereocenters. The standard InChI is InChI=1S/C17H16N2O2/c1-20-15-9-8-13(10-16(15)21-2)14-11-18-17(19-14)12-6-4-3-5-7-12/h3-10H,11H2,1-2H3. The van der Waals surface area contributed by atoms with Crippen molar-refractivity contribution in [3.05, 3.63) is 59.7 Å². The fourth-order valence-electron chi connectivity index (χ4n) is 2.26. The molecule has 21 heavy (non-hydrogen) atoms. The van der Waals surface area contributed by atoms with Crippen molar-refractivity contribution in [1.82, 2.24) is 0 Å². The fraction of sp³-hybridized carbons (Fsp3) is 0.176. The molecule has 2 aromatic rings. The third-order valence-electron chi connectivity index (χ3n) is 3.37. The fourth-order valence-corrected chi connectivity index (χ4v) is 2.26. The first kappa shape index (κ1) is 13.4. The second-order valence-electron chi connectivity index (χ2n) is 4.63. The van der Waals surface area contributed by atoms with Gasteiger partial charge in [0.1, 0.15) is 0 Å². The third-order valence-corrected chi connectivity index (χ3v) is 3.37. The number of hydrogen-bond donors (Lipinski definition) is 0. The zero-order valence-electron chi connectivity index (χ0n) is 12.0. The normalized spacial score (nSPS) is 13.6.